The summed E-state index contributed by atoms with van der Waals surface area (Å²) < 4.78 is 0. The van der Waals surface area contributed by atoms with Gasteiger partial charge in [0.1, 0.15) is 5.75 Å². The molecule has 3 rings (SSSR count). The highest BCUT2D eigenvalue weighted by Crippen LogP contribution is 2.34. The summed E-state index contributed by atoms with van der Waals surface area (Å²) in [4.78, 5) is 17.0. The molecule has 4 nitrogen and oxygen atoms in total. The summed E-state index contributed by atoms with van der Waals surface area (Å²) in [7, 11) is 0. The number of carbonyl (C=O) groups excluding carboxylic acids is 1. The molecule has 0 aliphatic rings. The van der Waals surface area contributed by atoms with Crippen molar-refractivity contribution in [2.45, 2.75) is 25.8 Å². The summed E-state index contributed by atoms with van der Waals surface area (Å²) in [5.41, 5.74) is 3.42. The third kappa shape index (κ3) is 5.08. The van der Waals surface area contributed by atoms with Gasteiger partial charge in [0.15, 0.2) is 0 Å². The van der Waals surface area contributed by atoms with E-state index in [9.17, 15) is 9.90 Å². The quantitative estimate of drug-likeness (QED) is 0.657. The number of halogens is 1. The van der Waals surface area contributed by atoms with Crippen LogP contribution >= 0.6 is 11.6 Å². The van der Waals surface area contributed by atoms with Gasteiger partial charge in [0.25, 0.3) is 0 Å². The maximum atomic E-state index is 12.6. The number of nitrogens with zero attached hydrogens (tertiary/aromatic N) is 1. The largest absolute Gasteiger partial charge is 0.508 e. The molecule has 0 aliphatic carbocycles. The van der Waals surface area contributed by atoms with Gasteiger partial charge in [-0.25, -0.2) is 0 Å². The second kappa shape index (κ2) is 8.69. The van der Waals surface area contributed by atoms with Crippen LogP contribution in [-0.2, 0) is 11.3 Å². The highest BCUT2D eigenvalue weighted by Gasteiger charge is 2.21. The number of phenols is 1. The Morgan fingerprint density at radius 3 is 2.63 bits per heavy atom. The van der Waals surface area contributed by atoms with Gasteiger partial charge in [-0.15, -0.1) is 0 Å². The minimum Gasteiger partial charge on any atom is -0.508 e. The molecule has 0 aliphatic heterocycles. The smallest absolute Gasteiger partial charge is 0.221 e. The van der Waals surface area contributed by atoms with Gasteiger partial charge in [-0.05, 0) is 48.4 Å². The molecule has 27 heavy (non-hydrogen) atoms. The number of amides is 1. The van der Waals surface area contributed by atoms with Crippen LogP contribution in [-0.4, -0.2) is 16.0 Å². The third-order valence-electron chi connectivity index (χ3n) is 4.36. The standard InChI is InChI=1S/C22H21ClN2O2/c1-15-6-4-8-17(25-15)14-24-22(27)13-20(16-7-5-9-18(26)12-16)19-10-2-3-11-21(19)23/h2-12,20,26H,13-14H2,1H3,(H,24,27)/t20-/m1/s1. The van der Waals surface area contributed by atoms with Crippen molar-refractivity contribution in [2.75, 3.05) is 0 Å². The molecule has 0 unspecified atom stereocenters. The first-order valence-electron chi connectivity index (χ1n) is 8.75. The summed E-state index contributed by atoms with van der Waals surface area (Å²) >= 11 is 6.38. The van der Waals surface area contributed by atoms with Crippen LogP contribution < -0.4 is 5.32 Å². The van der Waals surface area contributed by atoms with Gasteiger partial charge in [0.2, 0.25) is 5.91 Å². The predicted molar refractivity (Wildman–Crippen MR) is 107 cm³/mol. The van der Waals surface area contributed by atoms with Crippen LogP contribution in [0, 0.1) is 6.92 Å². The first-order chi connectivity index (χ1) is 13.0. The van der Waals surface area contributed by atoms with Crippen molar-refractivity contribution in [1.29, 1.82) is 0 Å². The fourth-order valence-electron chi connectivity index (χ4n) is 3.05. The first kappa shape index (κ1) is 18.9. The van der Waals surface area contributed by atoms with Crippen LogP contribution in [0.4, 0.5) is 0 Å². The molecule has 3 aromatic rings. The van der Waals surface area contributed by atoms with Gasteiger partial charge in [-0.1, -0.05) is 48.0 Å². The minimum atomic E-state index is -0.253. The van der Waals surface area contributed by atoms with E-state index in [4.69, 9.17) is 11.6 Å². The van der Waals surface area contributed by atoms with E-state index in [1.54, 1.807) is 24.3 Å². The molecule has 138 valence electrons. The molecule has 1 aromatic heterocycles. The van der Waals surface area contributed by atoms with Crippen molar-refractivity contribution in [3.63, 3.8) is 0 Å². The Balaban J connectivity index is 1.79. The SMILES string of the molecule is Cc1cccc(CNC(=O)C[C@H](c2cccc(O)c2)c2ccccc2Cl)n1. The van der Waals surface area contributed by atoms with Crippen LogP contribution in [0.25, 0.3) is 0 Å². The molecular weight excluding hydrogens is 360 g/mol. The molecule has 1 heterocycles. The molecule has 0 bridgehead atoms. The number of pyridine rings is 1. The van der Waals surface area contributed by atoms with Crippen LogP contribution in [0.1, 0.15) is 34.9 Å². The Morgan fingerprint density at radius 2 is 1.89 bits per heavy atom. The molecule has 5 heteroatoms. The predicted octanol–water partition coefficient (Wildman–Crippen LogP) is 4.59. The summed E-state index contributed by atoms with van der Waals surface area (Å²) in [6.07, 6.45) is 0.221. The van der Waals surface area contributed by atoms with Crippen molar-refractivity contribution >= 4 is 17.5 Å². The topological polar surface area (TPSA) is 62.2 Å². The van der Waals surface area contributed by atoms with Gasteiger partial charge in [-0.2, -0.15) is 0 Å². The lowest BCUT2D eigenvalue weighted by Crippen LogP contribution is -2.25. The number of carbonyl (C=O) groups is 1. The Hall–Kier alpha value is -2.85. The number of aromatic hydroxyl groups is 1. The maximum absolute atomic E-state index is 12.6. The van der Waals surface area contributed by atoms with Gasteiger partial charge in [0.05, 0.1) is 12.2 Å². The normalized spacial score (nSPS) is 11.8. The van der Waals surface area contributed by atoms with Crippen LogP contribution in [0.2, 0.25) is 5.02 Å². The number of hydrogen-bond donors (Lipinski definition) is 2. The van der Waals surface area contributed by atoms with Crippen LogP contribution in [0.3, 0.4) is 0 Å². The lowest BCUT2D eigenvalue weighted by Gasteiger charge is -2.19. The number of rotatable bonds is 6. The first-order valence-corrected chi connectivity index (χ1v) is 9.13. The summed E-state index contributed by atoms with van der Waals surface area (Å²) in [5.74, 6) is -0.197. The van der Waals surface area contributed by atoms with E-state index >= 15 is 0 Å². The van der Waals surface area contributed by atoms with E-state index in [0.29, 0.717) is 11.6 Å². The molecule has 1 amide bonds. The summed E-state index contributed by atoms with van der Waals surface area (Å²) in [5, 5.41) is 13.4. The van der Waals surface area contributed by atoms with E-state index in [1.165, 1.54) is 0 Å². The molecule has 1 atom stereocenters. The zero-order valence-corrected chi connectivity index (χ0v) is 15.8. The number of benzene rings is 2. The van der Waals surface area contributed by atoms with E-state index in [2.05, 4.69) is 10.3 Å². The third-order valence-corrected chi connectivity index (χ3v) is 4.70. The lowest BCUT2D eigenvalue weighted by atomic mass is 9.88. The number of nitrogens with one attached hydrogen (secondary N) is 1. The summed E-state index contributed by atoms with van der Waals surface area (Å²) in [6, 6.07) is 20.1. The Kier molecular flexibility index (Phi) is 6.09. The second-order valence-electron chi connectivity index (χ2n) is 6.42. The average Bonchev–Trinajstić information content (AvgIpc) is 2.65. The van der Waals surface area contributed by atoms with Crippen LogP contribution in [0.15, 0.2) is 66.7 Å². The van der Waals surface area contributed by atoms with Crippen molar-refractivity contribution < 1.29 is 9.90 Å². The second-order valence-corrected chi connectivity index (χ2v) is 6.83. The fourth-order valence-corrected chi connectivity index (χ4v) is 3.32. The van der Waals surface area contributed by atoms with Crippen LogP contribution in [0.5, 0.6) is 5.75 Å². The van der Waals surface area contributed by atoms with Crippen molar-refractivity contribution in [3.05, 3.63) is 94.3 Å². The molecule has 0 radical (unpaired) electrons. The van der Waals surface area contributed by atoms with Gasteiger partial charge in [0, 0.05) is 23.1 Å². The Bertz CT molecular complexity index is 943. The van der Waals surface area contributed by atoms with Gasteiger partial charge in [-0.3, -0.25) is 9.78 Å². The van der Waals surface area contributed by atoms with Crippen molar-refractivity contribution in [2.24, 2.45) is 0 Å². The molecule has 0 fully saturated rings. The van der Waals surface area contributed by atoms with Crippen molar-refractivity contribution in [1.82, 2.24) is 10.3 Å². The van der Waals surface area contributed by atoms with Crippen molar-refractivity contribution in [3.8, 4) is 5.75 Å². The monoisotopic (exact) mass is 380 g/mol. The zero-order valence-electron chi connectivity index (χ0n) is 15.0. The Labute approximate surface area is 163 Å². The van der Waals surface area contributed by atoms with E-state index in [0.717, 1.165) is 22.5 Å². The zero-order chi connectivity index (χ0) is 19.2. The molecule has 2 N–H and O–H groups in total. The number of phenolic OH excluding ortho intramolecular Hbond substituents is 1. The van der Waals surface area contributed by atoms with E-state index in [-0.39, 0.29) is 24.0 Å². The highest BCUT2D eigenvalue weighted by atomic mass is 35.5. The number of hydrogen-bond acceptors (Lipinski definition) is 3. The lowest BCUT2D eigenvalue weighted by molar-refractivity contribution is -0.121. The molecule has 2 aromatic carbocycles. The highest BCUT2D eigenvalue weighted by molar-refractivity contribution is 6.31. The summed E-state index contributed by atoms with van der Waals surface area (Å²) in [6.45, 7) is 2.29. The molecule has 0 spiro atoms. The number of aryl methyl sites for hydroxylation is 1. The maximum Gasteiger partial charge on any atom is 0.221 e. The molecular formula is C22H21ClN2O2. The average molecular weight is 381 g/mol. The Morgan fingerprint density at radius 1 is 1.11 bits per heavy atom. The minimum absolute atomic E-state index is 0.105. The number of aromatic nitrogens is 1. The van der Waals surface area contributed by atoms with E-state index in [1.807, 2.05) is 49.4 Å². The fraction of sp³-hybridized carbons (Fsp3) is 0.182. The van der Waals surface area contributed by atoms with E-state index < -0.39 is 0 Å². The molecule has 0 saturated carbocycles. The van der Waals surface area contributed by atoms with Gasteiger partial charge < -0.3 is 10.4 Å². The van der Waals surface area contributed by atoms with Gasteiger partial charge >= 0.3 is 0 Å². The molecule has 0 saturated heterocycles.